The Morgan fingerprint density at radius 3 is 3.00 bits per heavy atom. The molecule has 0 atom stereocenters. The Kier molecular flexibility index (Phi) is 2.19. The molecule has 86 valence electrons. The molecule has 3 rings (SSSR count). The Hall–Kier alpha value is -1.40. The minimum atomic E-state index is -0.445. The van der Waals surface area contributed by atoms with Gasteiger partial charge in [-0.1, -0.05) is 0 Å². The number of carbonyl (C=O) groups excluding carboxylic acids is 1. The number of hydrogen-bond donors (Lipinski definition) is 2. The molecule has 1 saturated heterocycles. The predicted molar refractivity (Wildman–Crippen MR) is 56.0 cm³/mol. The number of nitrogens with one attached hydrogen (secondary N) is 1. The molecule has 6 nitrogen and oxygen atoms in total. The van der Waals surface area contributed by atoms with Crippen LogP contribution in [0.4, 0.5) is 0 Å². The van der Waals surface area contributed by atoms with E-state index in [4.69, 9.17) is 10.5 Å². The first kappa shape index (κ1) is 9.80. The van der Waals surface area contributed by atoms with Crippen molar-refractivity contribution in [1.82, 2.24) is 15.1 Å². The summed E-state index contributed by atoms with van der Waals surface area (Å²) in [7, 11) is 0. The average molecular weight is 222 g/mol. The lowest BCUT2D eigenvalue weighted by Gasteiger charge is -2.28. The van der Waals surface area contributed by atoms with Gasteiger partial charge in [0.1, 0.15) is 0 Å². The average Bonchev–Trinajstić information content (AvgIpc) is 2.56. The summed E-state index contributed by atoms with van der Waals surface area (Å²) in [6.07, 6.45) is 0.895. The molecule has 1 amide bonds. The van der Waals surface area contributed by atoms with E-state index in [1.54, 1.807) is 0 Å². The zero-order valence-electron chi connectivity index (χ0n) is 8.90. The maximum absolute atomic E-state index is 11.3. The molecule has 0 aliphatic carbocycles. The number of rotatable bonds is 2. The van der Waals surface area contributed by atoms with Gasteiger partial charge < -0.3 is 15.8 Å². The van der Waals surface area contributed by atoms with Gasteiger partial charge in [-0.2, -0.15) is 5.10 Å². The molecule has 3 heterocycles. The van der Waals surface area contributed by atoms with Crippen LogP contribution >= 0.6 is 0 Å². The van der Waals surface area contributed by atoms with Gasteiger partial charge in [-0.3, -0.25) is 9.48 Å². The molecule has 0 unspecified atom stereocenters. The fraction of sp³-hybridized carbons (Fsp3) is 0.600. The highest BCUT2D eigenvalue weighted by molar-refractivity contribution is 5.92. The van der Waals surface area contributed by atoms with Crippen LogP contribution in [-0.2, 0) is 17.7 Å². The maximum atomic E-state index is 11.3. The van der Waals surface area contributed by atoms with Crippen molar-refractivity contribution in [3.63, 3.8) is 0 Å². The number of aromatic nitrogens is 2. The Morgan fingerprint density at radius 2 is 2.38 bits per heavy atom. The van der Waals surface area contributed by atoms with E-state index in [9.17, 15) is 4.79 Å². The van der Waals surface area contributed by atoms with E-state index in [1.165, 1.54) is 0 Å². The van der Waals surface area contributed by atoms with Crippen LogP contribution in [0.5, 0.6) is 0 Å². The molecule has 6 heteroatoms. The highest BCUT2D eigenvalue weighted by atomic mass is 16.5. The van der Waals surface area contributed by atoms with Crippen LogP contribution in [0.15, 0.2) is 0 Å². The number of primary amides is 1. The standard InChI is InChI=1S/C10H14N4O2/c11-10(15)9-7-3-12-2-1-8(7)14(13-9)6-4-16-5-6/h6,12H,1-5H2,(H2,11,15). The smallest absolute Gasteiger partial charge is 0.269 e. The van der Waals surface area contributed by atoms with E-state index < -0.39 is 5.91 Å². The highest BCUT2D eigenvalue weighted by Crippen LogP contribution is 2.25. The quantitative estimate of drug-likeness (QED) is 0.686. The van der Waals surface area contributed by atoms with Crippen molar-refractivity contribution in [3.8, 4) is 0 Å². The third-order valence-electron chi connectivity index (χ3n) is 3.16. The van der Waals surface area contributed by atoms with Crippen molar-refractivity contribution in [1.29, 1.82) is 0 Å². The van der Waals surface area contributed by atoms with Crippen LogP contribution in [0.1, 0.15) is 27.8 Å². The first-order valence-electron chi connectivity index (χ1n) is 5.46. The van der Waals surface area contributed by atoms with Gasteiger partial charge in [-0.25, -0.2) is 0 Å². The number of fused-ring (bicyclic) bond motifs is 1. The molecule has 2 aliphatic rings. The second-order valence-electron chi connectivity index (χ2n) is 4.20. The lowest BCUT2D eigenvalue weighted by Crippen LogP contribution is -2.34. The monoisotopic (exact) mass is 222 g/mol. The molecule has 1 aromatic heterocycles. The lowest BCUT2D eigenvalue weighted by molar-refractivity contribution is -0.0300. The minimum Gasteiger partial charge on any atom is -0.377 e. The third-order valence-corrected chi connectivity index (χ3v) is 3.16. The van der Waals surface area contributed by atoms with Crippen LogP contribution in [0.3, 0.4) is 0 Å². The van der Waals surface area contributed by atoms with Crippen LogP contribution in [0, 0.1) is 0 Å². The zero-order chi connectivity index (χ0) is 11.1. The summed E-state index contributed by atoms with van der Waals surface area (Å²) in [6.45, 7) is 2.96. The van der Waals surface area contributed by atoms with Crippen molar-refractivity contribution in [2.75, 3.05) is 19.8 Å². The van der Waals surface area contributed by atoms with Gasteiger partial charge in [0.2, 0.25) is 0 Å². The van der Waals surface area contributed by atoms with Gasteiger partial charge in [-0.15, -0.1) is 0 Å². The first-order chi connectivity index (χ1) is 7.77. The zero-order valence-corrected chi connectivity index (χ0v) is 8.90. The fourth-order valence-electron chi connectivity index (χ4n) is 2.24. The second-order valence-corrected chi connectivity index (χ2v) is 4.20. The molecule has 16 heavy (non-hydrogen) atoms. The summed E-state index contributed by atoms with van der Waals surface area (Å²) in [6, 6.07) is 0.278. The van der Waals surface area contributed by atoms with E-state index in [-0.39, 0.29) is 6.04 Å². The SMILES string of the molecule is NC(=O)c1nn(C2COC2)c2c1CNCC2. The number of nitrogens with two attached hydrogens (primary N) is 1. The molecule has 0 radical (unpaired) electrons. The topological polar surface area (TPSA) is 82.2 Å². The van der Waals surface area contributed by atoms with Gasteiger partial charge in [0.25, 0.3) is 5.91 Å². The molecule has 3 N–H and O–H groups in total. The van der Waals surface area contributed by atoms with E-state index >= 15 is 0 Å². The van der Waals surface area contributed by atoms with Gasteiger partial charge in [0.05, 0.1) is 19.3 Å². The summed E-state index contributed by atoms with van der Waals surface area (Å²) in [5.41, 5.74) is 7.85. The second kappa shape index (κ2) is 3.57. The maximum Gasteiger partial charge on any atom is 0.269 e. The molecular formula is C10H14N4O2. The Bertz CT molecular complexity index is 436. The summed E-state index contributed by atoms with van der Waals surface area (Å²) in [4.78, 5) is 11.3. The van der Waals surface area contributed by atoms with Crippen LogP contribution in [0.25, 0.3) is 0 Å². The first-order valence-corrected chi connectivity index (χ1v) is 5.46. The van der Waals surface area contributed by atoms with Crippen LogP contribution in [-0.4, -0.2) is 35.4 Å². The van der Waals surface area contributed by atoms with Gasteiger partial charge in [-0.05, 0) is 0 Å². The molecule has 1 fully saturated rings. The van der Waals surface area contributed by atoms with E-state index in [2.05, 4.69) is 10.4 Å². The van der Waals surface area contributed by atoms with E-state index in [0.29, 0.717) is 25.5 Å². The Labute approximate surface area is 92.7 Å². The van der Waals surface area contributed by atoms with E-state index in [1.807, 2.05) is 4.68 Å². The molecule has 0 saturated carbocycles. The van der Waals surface area contributed by atoms with Gasteiger partial charge >= 0.3 is 0 Å². The van der Waals surface area contributed by atoms with Crippen LogP contribution < -0.4 is 11.1 Å². The molecule has 0 spiro atoms. The number of amides is 1. The number of nitrogens with zero attached hydrogens (tertiary/aromatic N) is 2. The third kappa shape index (κ3) is 1.34. The molecule has 1 aromatic rings. The molecule has 0 bridgehead atoms. The van der Waals surface area contributed by atoms with Crippen molar-refractivity contribution in [3.05, 3.63) is 17.0 Å². The summed E-state index contributed by atoms with van der Waals surface area (Å²) >= 11 is 0. The predicted octanol–water partition coefficient (Wildman–Crippen LogP) is -0.801. The highest BCUT2D eigenvalue weighted by Gasteiger charge is 2.30. The largest absolute Gasteiger partial charge is 0.377 e. The normalized spacial score (nSPS) is 20.2. The van der Waals surface area contributed by atoms with Crippen molar-refractivity contribution < 1.29 is 9.53 Å². The Morgan fingerprint density at radius 1 is 1.56 bits per heavy atom. The number of ether oxygens (including phenoxy) is 1. The summed E-state index contributed by atoms with van der Waals surface area (Å²) in [5.74, 6) is -0.445. The van der Waals surface area contributed by atoms with Gasteiger partial charge in [0, 0.05) is 30.8 Å². The summed E-state index contributed by atoms with van der Waals surface area (Å²) < 4.78 is 7.09. The summed E-state index contributed by atoms with van der Waals surface area (Å²) in [5, 5.41) is 7.57. The molecule has 2 aliphatic heterocycles. The fourth-order valence-corrected chi connectivity index (χ4v) is 2.24. The van der Waals surface area contributed by atoms with Crippen molar-refractivity contribution >= 4 is 5.91 Å². The molecule has 0 aromatic carbocycles. The van der Waals surface area contributed by atoms with Gasteiger partial charge in [0.15, 0.2) is 5.69 Å². The lowest BCUT2D eigenvalue weighted by atomic mass is 10.1. The van der Waals surface area contributed by atoms with E-state index in [0.717, 1.165) is 24.2 Å². The minimum absolute atomic E-state index is 0.278. The number of hydrogen-bond acceptors (Lipinski definition) is 4. The van der Waals surface area contributed by atoms with Crippen LogP contribution in [0.2, 0.25) is 0 Å². The molecular weight excluding hydrogens is 208 g/mol. The Balaban J connectivity index is 2.07. The van der Waals surface area contributed by atoms with Crippen molar-refractivity contribution in [2.45, 2.75) is 19.0 Å². The number of carbonyl (C=O) groups is 1. The van der Waals surface area contributed by atoms with Crippen molar-refractivity contribution in [2.24, 2.45) is 5.73 Å².